The molecule has 7 heteroatoms. The SMILES string of the molecule is COc1ccc(NC(=O)c2cc(C(=O)N3CCCCCC3)ccn2)cc1Cl. The number of hydrogen-bond donors (Lipinski definition) is 1. The molecule has 0 atom stereocenters. The number of halogens is 1. The fourth-order valence-corrected chi connectivity index (χ4v) is 3.34. The van der Waals surface area contributed by atoms with Crippen molar-refractivity contribution in [1.82, 2.24) is 9.88 Å². The highest BCUT2D eigenvalue weighted by Crippen LogP contribution is 2.27. The van der Waals surface area contributed by atoms with Gasteiger partial charge < -0.3 is 15.0 Å². The van der Waals surface area contributed by atoms with E-state index in [-0.39, 0.29) is 11.6 Å². The first-order chi connectivity index (χ1) is 13.1. The first kappa shape index (κ1) is 19.2. The number of hydrogen-bond acceptors (Lipinski definition) is 4. The lowest BCUT2D eigenvalue weighted by Crippen LogP contribution is -2.32. The second kappa shape index (κ2) is 8.86. The zero-order valence-corrected chi connectivity index (χ0v) is 16.0. The van der Waals surface area contributed by atoms with E-state index in [9.17, 15) is 9.59 Å². The van der Waals surface area contributed by atoms with Crippen LogP contribution in [0.2, 0.25) is 5.02 Å². The second-order valence-corrected chi connectivity index (χ2v) is 6.85. The number of nitrogens with one attached hydrogen (secondary N) is 1. The number of aromatic nitrogens is 1. The standard InChI is InChI=1S/C20H22ClN3O3/c1-27-18-7-6-15(13-16(18)21)23-19(25)17-12-14(8-9-22-17)20(26)24-10-4-2-3-5-11-24/h6-9,12-13H,2-5,10-11H2,1H3,(H,23,25). The number of amides is 2. The maximum absolute atomic E-state index is 12.7. The first-order valence-corrected chi connectivity index (χ1v) is 9.36. The van der Waals surface area contributed by atoms with Crippen molar-refractivity contribution >= 4 is 29.1 Å². The molecule has 1 saturated heterocycles. The number of likely N-dealkylation sites (tertiary alicyclic amines) is 1. The predicted octanol–water partition coefficient (Wildman–Crippen LogP) is 4.01. The molecule has 2 aromatic rings. The largest absolute Gasteiger partial charge is 0.495 e. The fourth-order valence-electron chi connectivity index (χ4n) is 3.08. The normalized spacial score (nSPS) is 14.4. The van der Waals surface area contributed by atoms with Crippen molar-refractivity contribution in [3.63, 3.8) is 0 Å². The molecule has 27 heavy (non-hydrogen) atoms. The quantitative estimate of drug-likeness (QED) is 0.860. The number of ether oxygens (including phenoxy) is 1. The Kier molecular flexibility index (Phi) is 6.29. The van der Waals surface area contributed by atoms with Crippen molar-refractivity contribution in [3.05, 3.63) is 52.8 Å². The van der Waals surface area contributed by atoms with Gasteiger partial charge in [-0.2, -0.15) is 0 Å². The summed E-state index contributed by atoms with van der Waals surface area (Å²) in [6.07, 6.45) is 5.82. The Bertz CT molecular complexity index is 833. The molecule has 6 nitrogen and oxygen atoms in total. The van der Waals surface area contributed by atoms with E-state index in [2.05, 4.69) is 10.3 Å². The van der Waals surface area contributed by atoms with E-state index in [1.807, 2.05) is 4.90 Å². The molecule has 1 N–H and O–H groups in total. The van der Waals surface area contributed by atoms with Crippen LogP contribution in [0, 0.1) is 0 Å². The second-order valence-electron chi connectivity index (χ2n) is 6.44. The van der Waals surface area contributed by atoms with Crippen LogP contribution in [-0.2, 0) is 0 Å². The molecule has 1 aromatic heterocycles. The van der Waals surface area contributed by atoms with Crippen LogP contribution in [0.1, 0.15) is 46.5 Å². The van der Waals surface area contributed by atoms with Gasteiger partial charge in [0.1, 0.15) is 11.4 Å². The summed E-state index contributed by atoms with van der Waals surface area (Å²) in [6.45, 7) is 1.51. The van der Waals surface area contributed by atoms with E-state index in [1.165, 1.54) is 19.4 Å². The van der Waals surface area contributed by atoms with Gasteiger partial charge in [0.15, 0.2) is 0 Å². The van der Waals surface area contributed by atoms with Crippen molar-refractivity contribution in [1.29, 1.82) is 0 Å². The van der Waals surface area contributed by atoms with Gasteiger partial charge in [-0.3, -0.25) is 14.6 Å². The highest BCUT2D eigenvalue weighted by molar-refractivity contribution is 6.32. The smallest absolute Gasteiger partial charge is 0.274 e. The summed E-state index contributed by atoms with van der Waals surface area (Å²) < 4.78 is 5.10. The number of nitrogens with zero attached hydrogens (tertiary/aromatic N) is 2. The van der Waals surface area contributed by atoms with E-state index < -0.39 is 5.91 Å². The minimum absolute atomic E-state index is 0.0548. The van der Waals surface area contributed by atoms with Crippen molar-refractivity contribution < 1.29 is 14.3 Å². The van der Waals surface area contributed by atoms with Gasteiger partial charge in [0.05, 0.1) is 12.1 Å². The maximum atomic E-state index is 12.7. The lowest BCUT2D eigenvalue weighted by Gasteiger charge is -2.20. The zero-order chi connectivity index (χ0) is 19.2. The minimum Gasteiger partial charge on any atom is -0.495 e. The van der Waals surface area contributed by atoms with Crippen LogP contribution in [0.5, 0.6) is 5.75 Å². The Morgan fingerprint density at radius 1 is 1.11 bits per heavy atom. The monoisotopic (exact) mass is 387 g/mol. The van der Waals surface area contributed by atoms with Crippen LogP contribution in [0.3, 0.4) is 0 Å². The summed E-state index contributed by atoms with van der Waals surface area (Å²) in [5, 5.41) is 3.14. The number of carbonyl (C=O) groups excluding carboxylic acids is 2. The van der Waals surface area contributed by atoms with E-state index >= 15 is 0 Å². The lowest BCUT2D eigenvalue weighted by atomic mass is 10.2. The molecule has 2 amide bonds. The summed E-state index contributed by atoms with van der Waals surface area (Å²) >= 11 is 6.08. The maximum Gasteiger partial charge on any atom is 0.274 e. The average molecular weight is 388 g/mol. The molecule has 0 unspecified atom stereocenters. The van der Waals surface area contributed by atoms with Crippen LogP contribution in [0.4, 0.5) is 5.69 Å². The first-order valence-electron chi connectivity index (χ1n) is 8.98. The van der Waals surface area contributed by atoms with Gasteiger partial charge in [-0.05, 0) is 43.2 Å². The topological polar surface area (TPSA) is 71.5 Å². The van der Waals surface area contributed by atoms with Gasteiger partial charge in [0.25, 0.3) is 11.8 Å². The average Bonchev–Trinajstić information content (AvgIpc) is 2.97. The Balaban J connectivity index is 1.73. The highest BCUT2D eigenvalue weighted by atomic mass is 35.5. The van der Waals surface area contributed by atoms with Gasteiger partial charge >= 0.3 is 0 Å². The van der Waals surface area contributed by atoms with Gasteiger partial charge in [0, 0.05) is 30.5 Å². The molecule has 0 spiro atoms. The van der Waals surface area contributed by atoms with E-state index in [0.29, 0.717) is 22.0 Å². The Morgan fingerprint density at radius 2 is 1.85 bits per heavy atom. The van der Waals surface area contributed by atoms with Gasteiger partial charge in [-0.15, -0.1) is 0 Å². The molecule has 0 saturated carbocycles. The molecular weight excluding hydrogens is 366 g/mol. The molecule has 142 valence electrons. The molecule has 1 aromatic carbocycles. The minimum atomic E-state index is -0.401. The molecule has 2 heterocycles. The summed E-state index contributed by atoms with van der Waals surface area (Å²) in [5.41, 5.74) is 1.18. The molecular formula is C20H22ClN3O3. The lowest BCUT2D eigenvalue weighted by molar-refractivity contribution is 0.0761. The highest BCUT2D eigenvalue weighted by Gasteiger charge is 2.19. The van der Waals surface area contributed by atoms with E-state index in [1.54, 1.807) is 24.3 Å². The Labute approximate surface area is 163 Å². The third-order valence-corrected chi connectivity index (χ3v) is 4.84. The summed E-state index contributed by atoms with van der Waals surface area (Å²) in [5.74, 6) is 0.0698. The van der Waals surface area contributed by atoms with Crippen molar-refractivity contribution in [2.24, 2.45) is 0 Å². The number of benzene rings is 1. The molecule has 0 bridgehead atoms. The summed E-state index contributed by atoms with van der Waals surface area (Å²) in [4.78, 5) is 31.2. The third-order valence-electron chi connectivity index (χ3n) is 4.54. The number of rotatable bonds is 4. The molecule has 0 aliphatic carbocycles. The van der Waals surface area contributed by atoms with Crippen molar-refractivity contribution in [2.75, 3.05) is 25.5 Å². The number of anilines is 1. The fraction of sp³-hybridized carbons (Fsp3) is 0.350. The van der Waals surface area contributed by atoms with Crippen molar-refractivity contribution in [2.45, 2.75) is 25.7 Å². The molecule has 1 fully saturated rings. The number of methoxy groups -OCH3 is 1. The van der Waals surface area contributed by atoms with Gasteiger partial charge in [-0.1, -0.05) is 24.4 Å². The summed E-state index contributed by atoms with van der Waals surface area (Å²) in [7, 11) is 1.52. The Morgan fingerprint density at radius 3 is 2.52 bits per heavy atom. The molecule has 1 aliphatic heterocycles. The van der Waals surface area contributed by atoms with Crippen LogP contribution in [0.25, 0.3) is 0 Å². The Hall–Kier alpha value is -2.60. The van der Waals surface area contributed by atoms with Crippen LogP contribution >= 0.6 is 11.6 Å². The number of pyridine rings is 1. The predicted molar refractivity (Wildman–Crippen MR) is 105 cm³/mol. The zero-order valence-electron chi connectivity index (χ0n) is 15.2. The van der Waals surface area contributed by atoms with E-state index in [4.69, 9.17) is 16.3 Å². The van der Waals surface area contributed by atoms with E-state index in [0.717, 1.165) is 38.8 Å². The molecule has 1 aliphatic rings. The van der Waals surface area contributed by atoms with Crippen LogP contribution in [-0.4, -0.2) is 41.9 Å². The van der Waals surface area contributed by atoms with Crippen LogP contribution < -0.4 is 10.1 Å². The number of carbonyl (C=O) groups is 2. The van der Waals surface area contributed by atoms with Gasteiger partial charge in [0.2, 0.25) is 0 Å². The third kappa shape index (κ3) is 4.77. The van der Waals surface area contributed by atoms with Crippen molar-refractivity contribution in [3.8, 4) is 5.75 Å². The van der Waals surface area contributed by atoms with Crippen LogP contribution in [0.15, 0.2) is 36.5 Å². The molecule has 3 rings (SSSR count). The van der Waals surface area contributed by atoms with Gasteiger partial charge in [-0.25, -0.2) is 0 Å². The molecule has 0 radical (unpaired) electrons. The summed E-state index contributed by atoms with van der Waals surface area (Å²) in [6, 6.07) is 8.14.